The second-order valence-electron chi connectivity index (χ2n) is 5.02. The lowest BCUT2D eigenvalue weighted by Crippen LogP contribution is -2.21. The molecule has 0 saturated carbocycles. The normalized spacial score (nSPS) is 10.4. The van der Waals surface area contributed by atoms with E-state index in [4.69, 9.17) is 44.3 Å². The van der Waals surface area contributed by atoms with E-state index in [1.54, 1.807) is 37.4 Å². The highest BCUT2D eigenvalue weighted by Crippen LogP contribution is 2.32. The van der Waals surface area contributed by atoms with Crippen molar-refractivity contribution in [2.24, 2.45) is 0 Å². The molecule has 2 aromatic rings. The van der Waals surface area contributed by atoms with Gasteiger partial charge in [-0.15, -0.1) is 0 Å². The average Bonchev–Trinajstić information content (AvgIpc) is 2.57. The average molecular weight is 404 g/mol. The summed E-state index contributed by atoms with van der Waals surface area (Å²) in [6.45, 7) is 0.947. The number of hydrogen-bond donors (Lipinski definition) is 2. The lowest BCUT2D eigenvalue weighted by atomic mass is 10.3. The fourth-order valence-corrected chi connectivity index (χ4v) is 2.56. The van der Waals surface area contributed by atoms with E-state index in [2.05, 4.69) is 10.6 Å². The van der Waals surface area contributed by atoms with Gasteiger partial charge in [-0.3, -0.25) is 4.79 Å². The number of amides is 1. The summed E-state index contributed by atoms with van der Waals surface area (Å²) in [4.78, 5) is 12.1. The van der Waals surface area contributed by atoms with Crippen LogP contribution >= 0.6 is 34.8 Å². The molecule has 0 radical (unpaired) electrons. The highest BCUT2D eigenvalue weighted by atomic mass is 35.5. The van der Waals surface area contributed by atoms with Crippen LogP contribution in [0, 0.1) is 0 Å². The summed E-state index contributed by atoms with van der Waals surface area (Å²) in [6, 6.07) is 10.2. The Morgan fingerprint density at radius 3 is 2.56 bits per heavy atom. The van der Waals surface area contributed by atoms with E-state index < -0.39 is 0 Å². The SMILES string of the molecule is COCCOc1cccc(NC(=O)CNc2cc(Cl)c(Cl)cc2Cl)c1. The van der Waals surface area contributed by atoms with Gasteiger partial charge in [0.25, 0.3) is 0 Å². The van der Waals surface area contributed by atoms with Gasteiger partial charge in [-0.05, 0) is 24.3 Å². The number of carbonyl (C=O) groups is 1. The van der Waals surface area contributed by atoms with Crippen molar-refractivity contribution in [3.63, 3.8) is 0 Å². The molecular weight excluding hydrogens is 387 g/mol. The summed E-state index contributed by atoms with van der Waals surface area (Å²) in [5.41, 5.74) is 1.16. The fourth-order valence-electron chi connectivity index (χ4n) is 1.95. The predicted molar refractivity (Wildman–Crippen MR) is 102 cm³/mol. The summed E-state index contributed by atoms with van der Waals surface area (Å²) in [5.74, 6) is 0.409. The third-order valence-corrected chi connectivity index (χ3v) is 4.16. The summed E-state index contributed by atoms with van der Waals surface area (Å²) in [5, 5.41) is 6.79. The van der Waals surface area contributed by atoms with Gasteiger partial charge in [-0.2, -0.15) is 0 Å². The molecule has 0 aliphatic heterocycles. The van der Waals surface area contributed by atoms with E-state index in [1.165, 1.54) is 6.07 Å². The van der Waals surface area contributed by atoms with Crippen molar-refractivity contribution in [2.75, 3.05) is 37.5 Å². The second kappa shape index (κ2) is 9.73. The Bertz CT molecular complexity index is 741. The first-order chi connectivity index (χ1) is 12.0. The molecule has 2 rings (SSSR count). The van der Waals surface area contributed by atoms with E-state index in [0.717, 1.165) is 0 Å². The molecule has 0 saturated heterocycles. The molecule has 5 nitrogen and oxygen atoms in total. The van der Waals surface area contributed by atoms with E-state index in [-0.39, 0.29) is 12.5 Å². The molecule has 0 unspecified atom stereocenters. The Morgan fingerprint density at radius 2 is 1.80 bits per heavy atom. The van der Waals surface area contributed by atoms with Gasteiger partial charge >= 0.3 is 0 Å². The van der Waals surface area contributed by atoms with Crippen molar-refractivity contribution < 1.29 is 14.3 Å². The molecule has 0 aliphatic carbocycles. The smallest absolute Gasteiger partial charge is 0.243 e. The first-order valence-electron chi connectivity index (χ1n) is 7.39. The van der Waals surface area contributed by atoms with Gasteiger partial charge in [-0.25, -0.2) is 0 Å². The largest absolute Gasteiger partial charge is 0.491 e. The van der Waals surface area contributed by atoms with Crippen LogP contribution in [-0.4, -0.2) is 32.8 Å². The molecule has 0 spiro atoms. The molecule has 0 aliphatic rings. The number of anilines is 2. The summed E-state index contributed by atoms with van der Waals surface area (Å²) < 4.78 is 10.4. The van der Waals surface area contributed by atoms with Crippen LogP contribution < -0.4 is 15.4 Å². The van der Waals surface area contributed by atoms with Crippen LogP contribution in [0.2, 0.25) is 15.1 Å². The molecular formula is C17H17Cl3N2O3. The minimum absolute atomic E-state index is 0.0203. The maximum absolute atomic E-state index is 12.1. The van der Waals surface area contributed by atoms with Gasteiger partial charge in [0, 0.05) is 18.9 Å². The Labute approximate surface area is 161 Å². The zero-order chi connectivity index (χ0) is 18.2. The second-order valence-corrected chi connectivity index (χ2v) is 6.24. The molecule has 25 heavy (non-hydrogen) atoms. The highest BCUT2D eigenvalue weighted by molar-refractivity contribution is 6.44. The van der Waals surface area contributed by atoms with Gasteiger partial charge < -0.3 is 20.1 Å². The molecule has 0 fully saturated rings. The van der Waals surface area contributed by atoms with Crippen molar-refractivity contribution in [1.82, 2.24) is 0 Å². The number of halogens is 3. The van der Waals surface area contributed by atoms with Gasteiger partial charge in [0.2, 0.25) is 5.91 Å². The van der Waals surface area contributed by atoms with Gasteiger partial charge in [-0.1, -0.05) is 40.9 Å². The molecule has 134 valence electrons. The van der Waals surface area contributed by atoms with Crippen molar-refractivity contribution in [1.29, 1.82) is 0 Å². The number of rotatable bonds is 8. The Hall–Kier alpha value is -1.66. The van der Waals surface area contributed by atoms with E-state index in [0.29, 0.717) is 45.4 Å². The molecule has 2 N–H and O–H groups in total. The van der Waals surface area contributed by atoms with Crippen LogP contribution in [0.15, 0.2) is 36.4 Å². The number of nitrogens with one attached hydrogen (secondary N) is 2. The Kier molecular flexibility index (Phi) is 7.65. The Morgan fingerprint density at radius 1 is 1.04 bits per heavy atom. The van der Waals surface area contributed by atoms with Crippen molar-refractivity contribution in [3.05, 3.63) is 51.5 Å². The third kappa shape index (κ3) is 6.29. The van der Waals surface area contributed by atoms with Crippen LogP contribution in [0.4, 0.5) is 11.4 Å². The quantitative estimate of drug-likeness (QED) is 0.494. The van der Waals surface area contributed by atoms with E-state index in [1.807, 2.05) is 0 Å². The number of ether oxygens (including phenoxy) is 2. The number of carbonyl (C=O) groups excluding carboxylic acids is 1. The van der Waals surface area contributed by atoms with Crippen LogP contribution in [-0.2, 0) is 9.53 Å². The van der Waals surface area contributed by atoms with Crippen molar-refractivity contribution >= 4 is 52.1 Å². The molecule has 0 bridgehead atoms. The summed E-state index contributed by atoms with van der Waals surface area (Å²) in [6.07, 6.45) is 0. The van der Waals surface area contributed by atoms with Crippen molar-refractivity contribution in [2.45, 2.75) is 0 Å². The third-order valence-electron chi connectivity index (χ3n) is 3.12. The maximum atomic E-state index is 12.1. The molecule has 0 aromatic heterocycles. The van der Waals surface area contributed by atoms with Gasteiger partial charge in [0.1, 0.15) is 12.4 Å². The topological polar surface area (TPSA) is 59.6 Å². The van der Waals surface area contributed by atoms with Crippen molar-refractivity contribution in [3.8, 4) is 5.75 Å². The zero-order valence-electron chi connectivity index (χ0n) is 13.4. The van der Waals surface area contributed by atoms with Crippen LogP contribution in [0.3, 0.4) is 0 Å². The molecule has 1 amide bonds. The lowest BCUT2D eigenvalue weighted by molar-refractivity contribution is -0.114. The monoisotopic (exact) mass is 402 g/mol. The first kappa shape index (κ1) is 19.7. The van der Waals surface area contributed by atoms with Gasteiger partial charge in [0.05, 0.1) is 33.9 Å². The minimum atomic E-state index is -0.240. The Balaban J connectivity index is 1.90. The summed E-state index contributed by atoms with van der Waals surface area (Å²) >= 11 is 17.9. The van der Waals surface area contributed by atoms with E-state index >= 15 is 0 Å². The molecule has 2 aromatic carbocycles. The summed E-state index contributed by atoms with van der Waals surface area (Å²) in [7, 11) is 1.60. The van der Waals surface area contributed by atoms with Crippen LogP contribution in [0.1, 0.15) is 0 Å². The minimum Gasteiger partial charge on any atom is -0.491 e. The van der Waals surface area contributed by atoms with Crippen LogP contribution in [0.25, 0.3) is 0 Å². The highest BCUT2D eigenvalue weighted by Gasteiger charge is 2.08. The maximum Gasteiger partial charge on any atom is 0.243 e. The first-order valence-corrected chi connectivity index (χ1v) is 8.53. The number of methoxy groups -OCH3 is 1. The van der Waals surface area contributed by atoms with E-state index in [9.17, 15) is 4.79 Å². The predicted octanol–water partition coefficient (Wildman–Crippen LogP) is 4.72. The molecule has 8 heteroatoms. The zero-order valence-corrected chi connectivity index (χ0v) is 15.7. The molecule has 0 heterocycles. The standard InChI is InChI=1S/C17H17Cl3N2O3/c1-24-5-6-25-12-4-2-3-11(7-12)22-17(23)10-21-16-9-14(19)13(18)8-15(16)20/h2-4,7-9,21H,5-6,10H2,1H3,(H,22,23). The van der Waals surface area contributed by atoms with Crippen LogP contribution in [0.5, 0.6) is 5.75 Å². The molecule has 0 atom stereocenters. The number of benzene rings is 2. The number of hydrogen-bond acceptors (Lipinski definition) is 4. The lowest BCUT2D eigenvalue weighted by Gasteiger charge is -2.11. The van der Waals surface area contributed by atoms with Gasteiger partial charge in [0.15, 0.2) is 0 Å². The fraction of sp³-hybridized carbons (Fsp3) is 0.235.